The van der Waals surface area contributed by atoms with Gasteiger partial charge in [-0.1, -0.05) is 129 Å². The summed E-state index contributed by atoms with van der Waals surface area (Å²) in [5.41, 5.74) is 1.30. The predicted molar refractivity (Wildman–Crippen MR) is 162 cm³/mol. The molecular formula is C30H50Br2N2O3. The van der Waals surface area contributed by atoms with E-state index in [4.69, 9.17) is 14.1 Å². The third-order valence-electron chi connectivity index (χ3n) is 7.00. The Morgan fingerprint density at radius 1 is 0.486 bits per heavy atom. The normalized spacial score (nSPS) is 11.5. The molecule has 0 amide bonds. The fourth-order valence-corrected chi connectivity index (χ4v) is 5.79. The van der Waals surface area contributed by atoms with E-state index in [-0.39, 0.29) is 0 Å². The van der Waals surface area contributed by atoms with Gasteiger partial charge in [-0.25, -0.2) is 4.63 Å². The van der Waals surface area contributed by atoms with Gasteiger partial charge in [-0.05, 0) is 55.0 Å². The van der Waals surface area contributed by atoms with Gasteiger partial charge in [0.2, 0.25) is 0 Å². The molecule has 0 N–H and O–H groups in total. The maximum absolute atomic E-state index is 6.24. The minimum Gasteiger partial charge on any atom is -0.488 e. The molecule has 1 aromatic heterocycles. The van der Waals surface area contributed by atoms with Crippen molar-refractivity contribution in [1.82, 2.24) is 10.3 Å². The van der Waals surface area contributed by atoms with E-state index in [1.165, 1.54) is 116 Å². The van der Waals surface area contributed by atoms with E-state index in [0.717, 1.165) is 21.8 Å². The van der Waals surface area contributed by atoms with Crippen molar-refractivity contribution in [3.63, 3.8) is 0 Å². The average Bonchev–Trinajstić information content (AvgIpc) is 3.40. The van der Waals surface area contributed by atoms with Gasteiger partial charge in [0.15, 0.2) is 22.5 Å². The largest absolute Gasteiger partial charge is 0.488 e. The van der Waals surface area contributed by atoms with Crippen molar-refractivity contribution in [2.75, 3.05) is 13.2 Å². The number of rotatable bonds is 24. The monoisotopic (exact) mass is 644 g/mol. The van der Waals surface area contributed by atoms with Crippen LogP contribution in [0.4, 0.5) is 0 Å². The van der Waals surface area contributed by atoms with Gasteiger partial charge in [-0.3, -0.25) is 0 Å². The molecule has 2 aromatic rings. The Labute approximate surface area is 242 Å². The summed E-state index contributed by atoms with van der Waals surface area (Å²) < 4.78 is 19.0. The van der Waals surface area contributed by atoms with Crippen LogP contribution in [0.5, 0.6) is 11.5 Å². The molecule has 2 rings (SSSR count). The first-order chi connectivity index (χ1) is 18.2. The highest BCUT2D eigenvalue weighted by atomic mass is 79.9. The van der Waals surface area contributed by atoms with Crippen molar-refractivity contribution < 1.29 is 14.1 Å². The second kappa shape index (κ2) is 21.1. The molecule has 0 bridgehead atoms. The molecule has 0 saturated heterocycles. The quantitative estimate of drug-likeness (QED) is 0.106. The number of benzene rings is 1. The van der Waals surface area contributed by atoms with Crippen molar-refractivity contribution in [2.45, 2.75) is 142 Å². The first-order valence-electron chi connectivity index (χ1n) is 15.1. The zero-order valence-corrected chi connectivity index (χ0v) is 26.6. The van der Waals surface area contributed by atoms with Crippen LogP contribution in [0.3, 0.4) is 0 Å². The highest BCUT2D eigenvalue weighted by Crippen LogP contribution is 2.46. The molecule has 5 nitrogen and oxygen atoms in total. The molecule has 0 unspecified atom stereocenters. The summed E-state index contributed by atoms with van der Waals surface area (Å²) in [6.45, 7) is 5.86. The zero-order valence-electron chi connectivity index (χ0n) is 23.4. The third kappa shape index (κ3) is 12.7. The van der Waals surface area contributed by atoms with Gasteiger partial charge in [0.1, 0.15) is 0 Å². The summed E-state index contributed by atoms with van der Waals surface area (Å²) >= 11 is 7.32. The Hall–Kier alpha value is -0.820. The minimum atomic E-state index is 0.649. The van der Waals surface area contributed by atoms with Crippen LogP contribution in [-0.2, 0) is 0 Å². The van der Waals surface area contributed by atoms with Gasteiger partial charge < -0.3 is 9.47 Å². The Bertz CT molecular complexity index is 778. The molecule has 0 radical (unpaired) electrons. The number of hydrogen-bond acceptors (Lipinski definition) is 5. The van der Waals surface area contributed by atoms with Crippen LogP contribution < -0.4 is 9.47 Å². The van der Waals surface area contributed by atoms with Gasteiger partial charge in [0, 0.05) is 0 Å². The standard InChI is InChI=1S/C30H50Br2N2O3/c1-3-5-7-9-11-13-15-17-19-21-23-35-29-25(31)27-28(34-37-33-27)26(32)30(29)36-24-22-20-18-16-14-12-10-8-6-4-2/h3-24H2,1-2H3. The fourth-order valence-electron chi connectivity index (χ4n) is 4.68. The van der Waals surface area contributed by atoms with E-state index in [1.807, 2.05) is 0 Å². The Balaban J connectivity index is 1.72. The molecular weight excluding hydrogens is 596 g/mol. The molecule has 212 valence electrons. The third-order valence-corrected chi connectivity index (χ3v) is 8.47. The second-order valence-electron chi connectivity index (χ2n) is 10.3. The van der Waals surface area contributed by atoms with E-state index in [1.54, 1.807) is 0 Å². The van der Waals surface area contributed by atoms with Gasteiger partial charge in [0.05, 0.1) is 22.2 Å². The lowest BCUT2D eigenvalue weighted by molar-refractivity contribution is 0.256. The molecule has 0 aliphatic rings. The van der Waals surface area contributed by atoms with E-state index in [9.17, 15) is 0 Å². The van der Waals surface area contributed by atoms with E-state index in [0.29, 0.717) is 35.7 Å². The molecule has 0 fully saturated rings. The van der Waals surface area contributed by atoms with Crippen molar-refractivity contribution >= 4 is 42.9 Å². The number of fused-ring (bicyclic) bond motifs is 1. The Morgan fingerprint density at radius 2 is 0.784 bits per heavy atom. The molecule has 1 heterocycles. The summed E-state index contributed by atoms with van der Waals surface area (Å²) in [7, 11) is 0. The molecule has 0 aliphatic carbocycles. The van der Waals surface area contributed by atoms with Crippen molar-refractivity contribution in [3.05, 3.63) is 8.95 Å². The second-order valence-corrected chi connectivity index (χ2v) is 11.9. The summed E-state index contributed by atoms with van der Waals surface area (Å²) in [5.74, 6) is 1.39. The lowest BCUT2D eigenvalue weighted by Gasteiger charge is -2.16. The first-order valence-corrected chi connectivity index (χ1v) is 16.7. The van der Waals surface area contributed by atoms with Crippen LogP contribution >= 0.6 is 31.9 Å². The topological polar surface area (TPSA) is 57.4 Å². The van der Waals surface area contributed by atoms with Crippen LogP contribution in [0.2, 0.25) is 0 Å². The number of aromatic nitrogens is 2. The number of nitrogens with zero attached hydrogens (tertiary/aromatic N) is 2. The summed E-state index contributed by atoms with van der Waals surface area (Å²) in [6, 6.07) is 0. The van der Waals surface area contributed by atoms with Crippen LogP contribution in [0.1, 0.15) is 142 Å². The van der Waals surface area contributed by atoms with E-state index < -0.39 is 0 Å². The smallest absolute Gasteiger partial charge is 0.179 e. The highest BCUT2D eigenvalue weighted by molar-refractivity contribution is 9.11. The average molecular weight is 647 g/mol. The molecule has 37 heavy (non-hydrogen) atoms. The molecule has 0 aliphatic heterocycles. The van der Waals surface area contributed by atoms with Crippen LogP contribution in [0.25, 0.3) is 11.0 Å². The van der Waals surface area contributed by atoms with Gasteiger partial charge in [-0.2, -0.15) is 0 Å². The number of unbranched alkanes of at least 4 members (excludes halogenated alkanes) is 18. The molecule has 7 heteroatoms. The van der Waals surface area contributed by atoms with E-state index >= 15 is 0 Å². The molecule has 0 atom stereocenters. The lowest BCUT2D eigenvalue weighted by atomic mass is 10.1. The van der Waals surface area contributed by atoms with Gasteiger partial charge >= 0.3 is 0 Å². The number of hydrogen-bond donors (Lipinski definition) is 0. The number of halogens is 2. The SMILES string of the molecule is CCCCCCCCCCCCOc1c(OCCCCCCCCCCCC)c(Br)c2nonc2c1Br. The minimum absolute atomic E-state index is 0.649. The van der Waals surface area contributed by atoms with Crippen LogP contribution in [0, 0.1) is 0 Å². The van der Waals surface area contributed by atoms with Gasteiger partial charge in [0.25, 0.3) is 0 Å². The maximum Gasteiger partial charge on any atom is 0.179 e. The van der Waals surface area contributed by atoms with Gasteiger partial charge in [-0.15, -0.1) is 0 Å². The summed E-state index contributed by atoms with van der Waals surface area (Å²) in [6.07, 6.45) is 26.1. The number of ether oxygens (including phenoxy) is 2. The first kappa shape index (κ1) is 32.4. The lowest BCUT2D eigenvalue weighted by Crippen LogP contribution is -2.05. The molecule has 1 aromatic carbocycles. The Kier molecular flexibility index (Phi) is 18.4. The van der Waals surface area contributed by atoms with Crippen molar-refractivity contribution in [1.29, 1.82) is 0 Å². The molecule has 0 spiro atoms. The fraction of sp³-hybridized carbons (Fsp3) is 0.800. The predicted octanol–water partition coefficient (Wildman–Crippen LogP) is 11.3. The Morgan fingerprint density at radius 3 is 1.11 bits per heavy atom. The zero-order chi connectivity index (χ0) is 26.6. The summed E-state index contributed by atoms with van der Waals surface area (Å²) in [4.78, 5) is 0. The van der Waals surface area contributed by atoms with Crippen LogP contribution in [0.15, 0.2) is 13.6 Å². The maximum atomic E-state index is 6.24. The van der Waals surface area contributed by atoms with Crippen LogP contribution in [-0.4, -0.2) is 23.5 Å². The summed E-state index contributed by atoms with van der Waals surface area (Å²) in [5, 5.41) is 8.10. The van der Waals surface area contributed by atoms with Crippen molar-refractivity contribution in [2.24, 2.45) is 0 Å². The molecule has 0 saturated carbocycles. The van der Waals surface area contributed by atoms with E-state index in [2.05, 4.69) is 56.0 Å². The van der Waals surface area contributed by atoms with Crippen molar-refractivity contribution in [3.8, 4) is 11.5 Å². The highest BCUT2D eigenvalue weighted by Gasteiger charge is 2.23.